The number of aromatic hydroxyl groups is 1. The van der Waals surface area contributed by atoms with E-state index in [-0.39, 0.29) is 28.5 Å². The highest BCUT2D eigenvalue weighted by molar-refractivity contribution is 5.71. The van der Waals surface area contributed by atoms with Crippen LogP contribution in [0.5, 0.6) is 5.75 Å². The molecule has 4 heteroatoms. The van der Waals surface area contributed by atoms with Crippen LogP contribution in [0, 0.1) is 11.3 Å². The zero-order valence-corrected chi connectivity index (χ0v) is 14.8. The van der Waals surface area contributed by atoms with Gasteiger partial charge in [0.2, 0.25) is 0 Å². The summed E-state index contributed by atoms with van der Waals surface area (Å²) < 4.78 is 0. The first-order chi connectivity index (χ1) is 10.5. The first-order valence-corrected chi connectivity index (χ1v) is 8.29. The van der Waals surface area contributed by atoms with E-state index in [0.29, 0.717) is 13.0 Å². The number of benzene rings is 1. The molecule has 0 radical (unpaired) electrons. The van der Waals surface area contributed by atoms with Gasteiger partial charge in [0.05, 0.1) is 5.92 Å². The van der Waals surface area contributed by atoms with Crippen molar-refractivity contribution in [3.8, 4) is 5.75 Å². The third kappa shape index (κ3) is 4.25. The molecule has 2 rings (SSSR count). The van der Waals surface area contributed by atoms with E-state index in [1.807, 2.05) is 12.1 Å². The number of phenols is 1. The first kappa shape index (κ1) is 17.8. The first-order valence-electron chi connectivity index (χ1n) is 8.29. The van der Waals surface area contributed by atoms with Crippen LogP contribution in [0.15, 0.2) is 18.2 Å². The van der Waals surface area contributed by atoms with Crippen molar-refractivity contribution in [2.24, 2.45) is 11.3 Å². The minimum absolute atomic E-state index is 0.00843. The second-order valence-corrected chi connectivity index (χ2v) is 8.63. The highest BCUT2D eigenvalue weighted by Crippen LogP contribution is 2.40. The van der Waals surface area contributed by atoms with Gasteiger partial charge >= 0.3 is 5.97 Å². The lowest BCUT2D eigenvalue weighted by molar-refractivity contribution is -0.141. The highest BCUT2D eigenvalue weighted by atomic mass is 16.4. The number of hydrogen-bond acceptors (Lipinski definition) is 3. The molecule has 1 aromatic carbocycles. The number of carbonyl (C=O) groups is 1. The molecule has 0 aliphatic carbocycles. The minimum Gasteiger partial charge on any atom is -0.508 e. The summed E-state index contributed by atoms with van der Waals surface area (Å²) in [7, 11) is 0. The molecule has 1 fully saturated rings. The normalized spacial score (nSPS) is 22.3. The lowest BCUT2D eigenvalue weighted by Crippen LogP contribution is -2.25. The van der Waals surface area contributed by atoms with Gasteiger partial charge in [-0.3, -0.25) is 4.79 Å². The molecule has 23 heavy (non-hydrogen) atoms. The Balaban J connectivity index is 2.28. The van der Waals surface area contributed by atoms with Gasteiger partial charge in [-0.15, -0.1) is 0 Å². The van der Waals surface area contributed by atoms with Gasteiger partial charge in [0.15, 0.2) is 0 Å². The van der Waals surface area contributed by atoms with E-state index in [1.165, 1.54) is 5.56 Å². The summed E-state index contributed by atoms with van der Waals surface area (Å²) in [6, 6.07) is 5.67. The summed E-state index contributed by atoms with van der Waals surface area (Å²) in [5.41, 5.74) is 2.20. The van der Waals surface area contributed by atoms with Crippen molar-refractivity contribution in [2.75, 3.05) is 6.54 Å². The second kappa shape index (κ2) is 6.16. The van der Waals surface area contributed by atoms with E-state index in [9.17, 15) is 9.90 Å². The van der Waals surface area contributed by atoms with Crippen molar-refractivity contribution in [3.05, 3.63) is 29.3 Å². The van der Waals surface area contributed by atoms with Gasteiger partial charge in [-0.1, -0.05) is 40.7 Å². The third-order valence-corrected chi connectivity index (χ3v) is 4.64. The molecule has 0 spiro atoms. The van der Waals surface area contributed by atoms with Crippen LogP contribution in [0.1, 0.15) is 64.6 Å². The average Bonchev–Trinajstić information content (AvgIpc) is 2.85. The summed E-state index contributed by atoms with van der Waals surface area (Å²) in [5.74, 6) is -0.918. The number of aliphatic carboxylic acids is 1. The number of hydrogen-bond donors (Lipinski definition) is 3. The van der Waals surface area contributed by atoms with Crippen molar-refractivity contribution >= 4 is 5.97 Å². The topological polar surface area (TPSA) is 69.6 Å². The lowest BCUT2D eigenvalue weighted by Gasteiger charge is -2.33. The zero-order chi connectivity index (χ0) is 17.4. The standard InChI is InChI=1S/C19H29NO3/c1-18(2,3)11-19(4,5)13-6-7-16(21)14(9-13)15-8-12(10-20-15)17(22)23/h6-7,9,12,15,20-21H,8,10-11H2,1-5H3,(H,22,23). The Labute approximate surface area is 138 Å². The van der Waals surface area contributed by atoms with E-state index < -0.39 is 5.97 Å². The van der Waals surface area contributed by atoms with Crippen LogP contribution in [0.4, 0.5) is 0 Å². The third-order valence-electron chi connectivity index (χ3n) is 4.64. The van der Waals surface area contributed by atoms with Crippen LogP contribution in [-0.2, 0) is 10.2 Å². The number of nitrogens with one attached hydrogen (secondary N) is 1. The molecule has 1 aromatic rings. The van der Waals surface area contributed by atoms with Gasteiger partial charge in [0.25, 0.3) is 0 Å². The number of rotatable bonds is 4. The minimum atomic E-state index is -0.774. The van der Waals surface area contributed by atoms with Gasteiger partial charge in [-0.05, 0) is 41.4 Å². The van der Waals surface area contributed by atoms with E-state index in [4.69, 9.17) is 5.11 Å². The largest absolute Gasteiger partial charge is 0.508 e. The van der Waals surface area contributed by atoms with Gasteiger partial charge in [0.1, 0.15) is 5.75 Å². The molecule has 2 atom stereocenters. The van der Waals surface area contributed by atoms with Crippen LogP contribution in [0.2, 0.25) is 0 Å². The summed E-state index contributed by atoms with van der Waals surface area (Å²) in [6.07, 6.45) is 1.55. The molecular formula is C19H29NO3. The zero-order valence-electron chi connectivity index (χ0n) is 14.8. The fourth-order valence-corrected chi connectivity index (χ4v) is 3.84. The number of carboxylic acid groups (broad SMARTS) is 1. The van der Waals surface area contributed by atoms with Crippen LogP contribution in [-0.4, -0.2) is 22.7 Å². The Bertz CT molecular complexity index is 587. The second-order valence-electron chi connectivity index (χ2n) is 8.63. The molecule has 1 heterocycles. The maximum atomic E-state index is 11.1. The van der Waals surface area contributed by atoms with Crippen LogP contribution in [0.25, 0.3) is 0 Å². The smallest absolute Gasteiger partial charge is 0.307 e. The summed E-state index contributed by atoms with van der Waals surface area (Å²) >= 11 is 0. The predicted octanol–water partition coefficient (Wildman–Crippen LogP) is 3.84. The maximum absolute atomic E-state index is 11.1. The highest BCUT2D eigenvalue weighted by Gasteiger charge is 2.33. The van der Waals surface area contributed by atoms with E-state index >= 15 is 0 Å². The van der Waals surface area contributed by atoms with Gasteiger partial charge in [-0.2, -0.15) is 0 Å². The van der Waals surface area contributed by atoms with E-state index in [1.54, 1.807) is 6.07 Å². The van der Waals surface area contributed by atoms with Crippen LogP contribution < -0.4 is 5.32 Å². The summed E-state index contributed by atoms with van der Waals surface area (Å²) in [5, 5.41) is 22.6. The Kier molecular flexibility index (Phi) is 4.76. The molecular weight excluding hydrogens is 290 g/mol. The molecule has 2 unspecified atom stereocenters. The number of phenolic OH excluding ortho intramolecular Hbond substituents is 1. The van der Waals surface area contributed by atoms with Crippen LogP contribution >= 0.6 is 0 Å². The fraction of sp³-hybridized carbons (Fsp3) is 0.632. The quantitative estimate of drug-likeness (QED) is 0.788. The predicted molar refractivity (Wildman–Crippen MR) is 91.7 cm³/mol. The summed E-state index contributed by atoms with van der Waals surface area (Å²) in [4.78, 5) is 11.1. The average molecular weight is 319 g/mol. The molecule has 1 aliphatic rings. The molecule has 4 nitrogen and oxygen atoms in total. The molecule has 0 aromatic heterocycles. The Morgan fingerprint density at radius 3 is 2.43 bits per heavy atom. The molecule has 128 valence electrons. The monoisotopic (exact) mass is 319 g/mol. The maximum Gasteiger partial charge on any atom is 0.307 e. The number of carboxylic acids is 1. The molecule has 1 aliphatic heterocycles. The van der Waals surface area contributed by atoms with E-state index in [0.717, 1.165) is 12.0 Å². The van der Waals surface area contributed by atoms with Gasteiger partial charge in [-0.25, -0.2) is 0 Å². The van der Waals surface area contributed by atoms with Crippen molar-refractivity contribution < 1.29 is 15.0 Å². The molecule has 0 bridgehead atoms. The Morgan fingerprint density at radius 2 is 1.91 bits per heavy atom. The van der Waals surface area contributed by atoms with Crippen molar-refractivity contribution in [2.45, 2.75) is 58.9 Å². The summed E-state index contributed by atoms with van der Waals surface area (Å²) in [6.45, 7) is 11.6. The van der Waals surface area contributed by atoms with Gasteiger partial charge in [0, 0.05) is 18.2 Å². The van der Waals surface area contributed by atoms with Gasteiger partial charge < -0.3 is 15.5 Å². The van der Waals surface area contributed by atoms with Crippen LogP contribution in [0.3, 0.4) is 0 Å². The molecule has 0 amide bonds. The van der Waals surface area contributed by atoms with Crippen molar-refractivity contribution in [1.29, 1.82) is 0 Å². The SMILES string of the molecule is CC(C)(C)CC(C)(C)c1ccc(O)c(C2CC(C(=O)O)CN2)c1. The Morgan fingerprint density at radius 1 is 1.26 bits per heavy atom. The molecule has 0 saturated carbocycles. The Hall–Kier alpha value is -1.55. The van der Waals surface area contributed by atoms with Crippen molar-refractivity contribution in [1.82, 2.24) is 5.32 Å². The van der Waals surface area contributed by atoms with E-state index in [2.05, 4.69) is 39.9 Å². The van der Waals surface area contributed by atoms with Crippen molar-refractivity contribution in [3.63, 3.8) is 0 Å². The lowest BCUT2D eigenvalue weighted by atomic mass is 9.72. The molecule has 3 N–H and O–H groups in total. The molecule has 1 saturated heterocycles. The fourth-order valence-electron chi connectivity index (χ4n) is 3.84.